The maximum Gasteiger partial charge on any atom is 0.407 e. The van der Waals surface area contributed by atoms with Crippen LogP contribution in [-0.4, -0.2) is 24.3 Å². The molecule has 0 saturated carbocycles. The average Bonchev–Trinajstić information content (AvgIpc) is 2.35. The van der Waals surface area contributed by atoms with Crippen molar-refractivity contribution in [2.24, 2.45) is 5.73 Å². The normalized spacial score (nSPS) is 13.7. The van der Waals surface area contributed by atoms with E-state index in [0.29, 0.717) is 6.54 Å². The van der Waals surface area contributed by atoms with Crippen LogP contribution in [0.1, 0.15) is 39.7 Å². The van der Waals surface area contributed by atoms with Crippen LogP contribution in [0.2, 0.25) is 0 Å². The first-order valence-corrected chi connectivity index (χ1v) is 7.21. The highest BCUT2D eigenvalue weighted by Crippen LogP contribution is 2.10. The molecule has 4 heteroatoms. The van der Waals surface area contributed by atoms with E-state index >= 15 is 0 Å². The zero-order valence-electron chi connectivity index (χ0n) is 13.3. The maximum atomic E-state index is 11.5. The molecular weight excluding hydrogens is 264 g/mol. The lowest BCUT2D eigenvalue weighted by Gasteiger charge is -2.21. The lowest BCUT2D eigenvalue weighted by molar-refractivity contribution is 0.0524. The molecule has 4 nitrogen and oxygen atoms in total. The number of amides is 1. The third-order valence-electron chi connectivity index (χ3n) is 2.70. The van der Waals surface area contributed by atoms with Crippen molar-refractivity contribution >= 4 is 12.2 Å². The van der Waals surface area contributed by atoms with Crippen LogP contribution < -0.4 is 11.1 Å². The molecule has 1 amide bonds. The first-order valence-electron chi connectivity index (χ1n) is 7.21. The van der Waals surface area contributed by atoms with E-state index in [0.717, 1.165) is 12.0 Å². The number of rotatable bonds is 5. The quantitative estimate of drug-likeness (QED) is 0.874. The molecule has 0 aliphatic heterocycles. The molecule has 21 heavy (non-hydrogen) atoms. The number of nitrogens with one attached hydrogen (secondary N) is 1. The minimum atomic E-state index is -0.489. The fraction of sp³-hybridized carbons (Fsp3) is 0.471. The summed E-state index contributed by atoms with van der Waals surface area (Å²) < 4.78 is 5.17. The summed E-state index contributed by atoms with van der Waals surface area (Å²) in [5.41, 5.74) is 7.88. The van der Waals surface area contributed by atoms with Crippen LogP contribution >= 0.6 is 0 Å². The van der Waals surface area contributed by atoms with Crippen LogP contribution in [-0.2, 0) is 4.74 Å². The summed E-state index contributed by atoms with van der Waals surface area (Å²) in [6.45, 7) is 7.94. The number of hydrogen-bond donors (Lipinski definition) is 2. The minimum absolute atomic E-state index is 0.127. The lowest BCUT2D eigenvalue weighted by atomic mass is 10.1. The van der Waals surface area contributed by atoms with Crippen LogP contribution in [0.3, 0.4) is 0 Å². The zero-order valence-corrected chi connectivity index (χ0v) is 13.3. The zero-order chi connectivity index (χ0) is 15.9. The number of benzene rings is 1. The van der Waals surface area contributed by atoms with E-state index in [1.54, 1.807) is 0 Å². The van der Waals surface area contributed by atoms with Gasteiger partial charge in [0.05, 0.1) is 0 Å². The van der Waals surface area contributed by atoms with Crippen molar-refractivity contribution in [3.8, 4) is 0 Å². The second-order valence-electron chi connectivity index (χ2n) is 6.25. The third kappa shape index (κ3) is 8.15. The standard InChI is InChI=1S/C17H26N2O2/c1-13(10-14-8-6-5-7-9-14)11-15(18)12-19-16(20)21-17(2,3)4/h5-10,15H,11-12,18H2,1-4H3,(H,19,20)/b13-10-. The fourth-order valence-corrected chi connectivity index (χ4v) is 1.91. The molecule has 0 aliphatic carbocycles. The Hall–Kier alpha value is -1.81. The predicted octanol–water partition coefficient (Wildman–Crippen LogP) is 3.33. The smallest absolute Gasteiger partial charge is 0.407 e. The van der Waals surface area contributed by atoms with Gasteiger partial charge in [-0.15, -0.1) is 0 Å². The number of alkyl carbamates (subject to hydrolysis) is 1. The van der Waals surface area contributed by atoms with E-state index in [1.807, 2.05) is 58.0 Å². The van der Waals surface area contributed by atoms with Crippen molar-refractivity contribution < 1.29 is 9.53 Å². The van der Waals surface area contributed by atoms with Gasteiger partial charge in [-0.3, -0.25) is 0 Å². The van der Waals surface area contributed by atoms with E-state index in [1.165, 1.54) is 5.57 Å². The van der Waals surface area contributed by atoms with E-state index in [-0.39, 0.29) is 6.04 Å². The Balaban J connectivity index is 2.38. The van der Waals surface area contributed by atoms with Crippen LogP contribution in [0.15, 0.2) is 35.9 Å². The van der Waals surface area contributed by atoms with Crippen LogP contribution in [0, 0.1) is 0 Å². The van der Waals surface area contributed by atoms with Gasteiger partial charge in [0.25, 0.3) is 0 Å². The van der Waals surface area contributed by atoms with Crippen LogP contribution in [0.5, 0.6) is 0 Å². The Bertz CT molecular complexity index is 475. The molecule has 0 heterocycles. The van der Waals surface area contributed by atoms with Crippen molar-refractivity contribution in [3.63, 3.8) is 0 Å². The van der Waals surface area contributed by atoms with Gasteiger partial charge < -0.3 is 15.8 Å². The fourth-order valence-electron chi connectivity index (χ4n) is 1.91. The molecule has 0 fully saturated rings. The number of carbonyl (C=O) groups is 1. The highest BCUT2D eigenvalue weighted by Gasteiger charge is 2.16. The Morgan fingerprint density at radius 1 is 1.33 bits per heavy atom. The SMILES string of the molecule is C/C(=C/c1ccccc1)CC(N)CNC(=O)OC(C)(C)C. The van der Waals surface area contributed by atoms with Crippen molar-refractivity contribution in [1.82, 2.24) is 5.32 Å². The molecule has 0 radical (unpaired) electrons. The minimum Gasteiger partial charge on any atom is -0.444 e. The van der Waals surface area contributed by atoms with E-state index < -0.39 is 11.7 Å². The second-order valence-corrected chi connectivity index (χ2v) is 6.25. The van der Waals surface area contributed by atoms with Gasteiger partial charge in [0.1, 0.15) is 5.60 Å². The van der Waals surface area contributed by atoms with Gasteiger partial charge >= 0.3 is 6.09 Å². The van der Waals surface area contributed by atoms with Gasteiger partial charge in [-0.2, -0.15) is 0 Å². The van der Waals surface area contributed by atoms with Crippen molar-refractivity contribution in [1.29, 1.82) is 0 Å². The van der Waals surface area contributed by atoms with Crippen LogP contribution in [0.25, 0.3) is 6.08 Å². The van der Waals surface area contributed by atoms with Gasteiger partial charge in [-0.25, -0.2) is 4.79 Å². The van der Waals surface area contributed by atoms with Gasteiger partial charge in [0.2, 0.25) is 0 Å². The molecule has 1 aromatic rings. The Labute approximate surface area is 127 Å². The summed E-state index contributed by atoms with van der Waals surface area (Å²) in [5, 5.41) is 2.69. The molecule has 0 spiro atoms. The van der Waals surface area contributed by atoms with E-state index in [2.05, 4.69) is 11.4 Å². The summed E-state index contributed by atoms with van der Waals surface area (Å²) in [7, 11) is 0. The Morgan fingerprint density at radius 3 is 2.52 bits per heavy atom. The molecule has 0 bridgehead atoms. The van der Waals surface area contributed by atoms with E-state index in [9.17, 15) is 4.79 Å². The molecule has 1 atom stereocenters. The molecule has 1 aromatic carbocycles. The highest BCUT2D eigenvalue weighted by atomic mass is 16.6. The van der Waals surface area contributed by atoms with Gasteiger partial charge in [0.15, 0.2) is 0 Å². The van der Waals surface area contributed by atoms with Crippen molar-refractivity contribution in [2.45, 2.75) is 45.8 Å². The van der Waals surface area contributed by atoms with Crippen molar-refractivity contribution in [3.05, 3.63) is 41.5 Å². The van der Waals surface area contributed by atoms with Crippen molar-refractivity contribution in [2.75, 3.05) is 6.54 Å². The number of nitrogens with two attached hydrogens (primary N) is 1. The second kappa shape index (κ2) is 7.84. The van der Waals surface area contributed by atoms with E-state index in [4.69, 9.17) is 10.5 Å². The van der Waals surface area contributed by atoms with Gasteiger partial charge in [-0.05, 0) is 39.7 Å². The summed E-state index contributed by atoms with van der Waals surface area (Å²) >= 11 is 0. The first-order chi connectivity index (χ1) is 9.76. The Kier molecular flexibility index (Phi) is 6.43. The third-order valence-corrected chi connectivity index (χ3v) is 2.70. The first kappa shape index (κ1) is 17.2. The molecule has 3 N–H and O–H groups in total. The van der Waals surface area contributed by atoms with Crippen LogP contribution in [0.4, 0.5) is 4.79 Å². The topological polar surface area (TPSA) is 64.3 Å². The summed E-state index contributed by atoms with van der Waals surface area (Å²) in [5.74, 6) is 0. The molecule has 1 unspecified atom stereocenters. The summed E-state index contributed by atoms with van der Waals surface area (Å²) in [6.07, 6.45) is 2.40. The average molecular weight is 290 g/mol. The molecule has 0 saturated heterocycles. The monoisotopic (exact) mass is 290 g/mol. The van der Waals surface area contributed by atoms with Gasteiger partial charge in [0, 0.05) is 12.6 Å². The van der Waals surface area contributed by atoms with Gasteiger partial charge in [-0.1, -0.05) is 42.0 Å². The number of ether oxygens (including phenoxy) is 1. The largest absolute Gasteiger partial charge is 0.444 e. The summed E-state index contributed by atoms with van der Waals surface area (Å²) in [6, 6.07) is 9.97. The molecule has 1 rings (SSSR count). The molecule has 116 valence electrons. The molecule has 0 aliphatic rings. The highest BCUT2D eigenvalue weighted by molar-refractivity contribution is 5.67. The molecular formula is C17H26N2O2. The predicted molar refractivity (Wildman–Crippen MR) is 86.9 cm³/mol. The Morgan fingerprint density at radius 2 is 1.95 bits per heavy atom. The summed E-state index contributed by atoms with van der Waals surface area (Å²) in [4.78, 5) is 11.5. The lowest BCUT2D eigenvalue weighted by Crippen LogP contribution is -2.40. The maximum absolute atomic E-state index is 11.5. The number of carbonyl (C=O) groups excluding carboxylic acids is 1. The molecule has 0 aromatic heterocycles. The number of hydrogen-bond acceptors (Lipinski definition) is 3.